The molecule has 1 aliphatic rings. The molecule has 0 aliphatic carbocycles. The summed E-state index contributed by atoms with van der Waals surface area (Å²) in [6.07, 6.45) is 0.316. The number of halogens is 2. The van der Waals surface area contributed by atoms with Gasteiger partial charge in [-0.1, -0.05) is 52.3 Å². The van der Waals surface area contributed by atoms with Gasteiger partial charge in [0.05, 0.1) is 16.7 Å². The van der Waals surface area contributed by atoms with E-state index in [9.17, 15) is 9.18 Å². The Hall–Kier alpha value is -2.99. The molecule has 2 heterocycles. The van der Waals surface area contributed by atoms with Crippen molar-refractivity contribution < 1.29 is 9.18 Å². The van der Waals surface area contributed by atoms with Crippen LogP contribution in [0, 0.1) is 5.82 Å². The second-order valence-corrected chi connectivity index (χ2v) is 8.45. The zero-order valence-electron chi connectivity index (χ0n) is 16.1. The smallest absolute Gasteiger partial charge is 0.227 e. The first-order chi connectivity index (χ1) is 14.6. The van der Waals surface area contributed by atoms with Gasteiger partial charge in [-0.3, -0.25) is 4.79 Å². The Morgan fingerprint density at radius 3 is 2.67 bits per heavy atom. The minimum absolute atomic E-state index is 0.0776. The first kappa shape index (κ1) is 19.0. The molecule has 150 valence electrons. The highest BCUT2D eigenvalue weighted by atomic mass is 79.9. The summed E-state index contributed by atoms with van der Waals surface area (Å²) in [6.45, 7) is 1.07. The average Bonchev–Trinajstić information content (AvgIpc) is 3.29. The van der Waals surface area contributed by atoms with E-state index >= 15 is 0 Å². The van der Waals surface area contributed by atoms with E-state index in [1.165, 1.54) is 6.07 Å². The molecule has 1 fully saturated rings. The van der Waals surface area contributed by atoms with Crippen LogP contribution in [0.1, 0.15) is 23.7 Å². The number of benzene rings is 3. The number of carbonyl (C=O) groups is 1. The van der Waals surface area contributed by atoms with Crippen molar-refractivity contribution in [2.75, 3.05) is 11.4 Å². The Labute approximate surface area is 182 Å². The first-order valence-corrected chi connectivity index (χ1v) is 10.6. The van der Waals surface area contributed by atoms with Crippen molar-refractivity contribution in [3.8, 4) is 0 Å². The van der Waals surface area contributed by atoms with Gasteiger partial charge in [0.2, 0.25) is 5.91 Å². The lowest BCUT2D eigenvalue weighted by atomic mass is 10.1. The summed E-state index contributed by atoms with van der Waals surface area (Å²) in [4.78, 5) is 19.2. The topological polar surface area (TPSA) is 38.1 Å². The third kappa shape index (κ3) is 3.41. The van der Waals surface area contributed by atoms with E-state index in [2.05, 4.69) is 38.7 Å². The maximum atomic E-state index is 14.3. The van der Waals surface area contributed by atoms with Crippen LogP contribution in [0.2, 0.25) is 0 Å². The molecule has 30 heavy (non-hydrogen) atoms. The minimum atomic E-state index is -0.380. The van der Waals surface area contributed by atoms with E-state index in [0.717, 1.165) is 26.9 Å². The number of aromatic nitrogens is 2. The summed E-state index contributed by atoms with van der Waals surface area (Å²) in [7, 11) is 0. The van der Waals surface area contributed by atoms with Crippen molar-refractivity contribution in [2.45, 2.75) is 18.9 Å². The number of fused-ring (bicyclic) bond motifs is 1. The van der Waals surface area contributed by atoms with Crippen molar-refractivity contribution in [2.24, 2.45) is 0 Å². The second-order valence-electron chi connectivity index (χ2n) is 7.53. The molecule has 5 rings (SSSR count). The third-order valence-electron chi connectivity index (χ3n) is 5.55. The predicted octanol–water partition coefficient (Wildman–Crippen LogP) is 5.51. The lowest BCUT2D eigenvalue weighted by molar-refractivity contribution is -0.117. The molecule has 6 heteroatoms. The number of imidazole rings is 1. The lowest BCUT2D eigenvalue weighted by Gasteiger charge is -2.18. The summed E-state index contributed by atoms with van der Waals surface area (Å²) in [5, 5.41) is 0. The SMILES string of the molecule is O=C1CC(c2nc3ccccc3n2Cc2cccc(Br)c2)CN1c1ccccc1F. The zero-order chi connectivity index (χ0) is 20.7. The molecule has 4 nitrogen and oxygen atoms in total. The van der Waals surface area contributed by atoms with Gasteiger partial charge in [-0.05, 0) is 42.0 Å². The monoisotopic (exact) mass is 463 g/mol. The van der Waals surface area contributed by atoms with Crippen LogP contribution in [-0.2, 0) is 11.3 Å². The van der Waals surface area contributed by atoms with Crippen molar-refractivity contribution in [3.05, 3.63) is 94.5 Å². The van der Waals surface area contributed by atoms with Crippen LogP contribution in [0.3, 0.4) is 0 Å². The number of nitrogens with zero attached hydrogens (tertiary/aromatic N) is 3. The molecular formula is C24H19BrFN3O. The lowest BCUT2D eigenvalue weighted by Crippen LogP contribution is -2.25. The second kappa shape index (κ2) is 7.69. The van der Waals surface area contributed by atoms with Crippen LogP contribution in [0.15, 0.2) is 77.3 Å². The summed E-state index contributed by atoms with van der Waals surface area (Å²) < 4.78 is 17.5. The average molecular weight is 464 g/mol. The highest BCUT2D eigenvalue weighted by Crippen LogP contribution is 2.34. The van der Waals surface area contributed by atoms with Gasteiger partial charge in [0.25, 0.3) is 0 Å². The van der Waals surface area contributed by atoms with Crippen LogP contribution < -0.4 is 4.90 Å². The number of carbonyl (C=O) groups excluding carboxylic acids is 1. The summed E-state index contributed by atoms with van der Waals surface area (Å²) in [5.41, 5.74) is 3.41. The van der Waals surface area contributed by atoms with Crippen LogP contribution in [0.4, 0.5) is 10.1 Å². The van der Waals surface area contributed by atoms with E-state index < -0.39 is 0 Å². The van der Waals surface area contributed by atoms with E-state index in [1.807, 2.05) is 30.3 Å². The Kier molecular flexibility index (Phi) is 4.87. The first-order valence-electron chi connectivity index (χ1n) is 9.84. The molecule has 3 aromatic carbocycles. The number of hydrogen-bond acceptors (Lipinski definition) is 2. The Balaban J connectivity index is 1.54. The molecule has 0 saturated carbocycles. The Bertz CT molecular complexity index is 1250. The molecular weight excluding hydrogens is 445 g/mol. The fourth-order valence-electron chi connectivity index (χ4n) is 4.17. The molecule has 1 aliphatic heterocycles. The summed E-state index contributed by atoms with van der Waals surface area (Å²) in [5.74, 6) is 0.306. The molecule has 1 unspecified atom stereocenters. The van der Waals surface area contributed by atoms with Crippen LogP contribution in [0.25, 0.3) is 11.0 Å². The number of amides is 1. The third-order valence-corrected chi connectivity index (χ3v) is 6.04. The van der Waals surface area contributed by atoms with Gasteiger partial charge in [-0.25, -0.2) is 9.37 Å². The largest absolute Gasteiger partial charge is 0.323 e. The maximum absolute atomic E-state index is 14.3. The zero-order valence-corrected chi connectivity index (χ0v) is 17.7. The van der Waals surface area contributed by atoms with Crippen LogP contribution >= 0.6 is 15.9 Å². The highest BCUT2D eigenvalue weighted by Gasteiger charge is 2.35. The van der Waals surface area contributed by atoms with Gasteiger partial charge in [-0.15, -0.1) is 0 Å². The molecule has 4 aromatic rings. The van der Waals surface area contributed by atoms with Gasteiger partial charge < -0.3 is 9.47 Å². The number of hydrogen-bond donors (Lipinski definition) is 0. The van der Waals surface area contributed by atoms with Crippen molar-refractivity contribution in [1.82, 2.24) is 9.55 Å². The number of rotatable bonds is 4. The molecule has 1 saturated heterocycles. The quantitative estimate of drug-likeness (QED) is 0.400. The van der Waals surface area contributed by atoms with Gasteiger partial charge in [0, 0.05) is 29.9 Å². The maximum Gasteiger partial charge on any atom is 0.227 e. The fraction of sp³-hybridized carbons (Fsp3) is 0.167. The molecule has 1 atom stereocenters. The fourth-order valence-corrected chi connectivity index (χ4v) is 4.62. The van der Waals surface area contributed by atoms with Crippen LogP contribution in [0.5, 0.6) is 0 Å². The van der Waals surface area contributed by atoms with Crippen LogP contribution in [-0.4, -0.2) is 22.0 Å². The number of anilines is 1. The van der Waals surface area contributed by atoms with Gasteiger partial charge in [0.15, 0.2) is 0 Å². The summed E-state index contributed by atoms with van der Waals surface area (Å²) >= 11 is 3.54. The predicted molar refractivity (Wildman–Crippen MR) is 119 cm³/mol. The molecule has 0 N–H and O–H groups in total. The van der Waals surface area contributed by atoms with Crippen molar-refractivity contribution in [1.29, 1.82) is 0 Å². The normalized spacial score (nSPS) is 16.5. The molecule has 0 radical (unpaired) electrons. The molecule has 0 spiro atoms. The number of para-hydroxylation sites is 3. The molecule has 1 aromatic heterocycles. The highest BCUT2D eigenvalue weighted by molar-refractivity contribution is 9.10. The van der Waals surface area contributed by atoms with Gasteiger partial charge >= 0.3 is 0 Å². The van der Waals surface area contributed by atoms with Crippen molar-refractivity contribution >= 4 is 38.6 Å². The standard InChI is InChI=1S/C24H19BrFN3O/c25-18-7-5-6-16(12-18)14-29-22-11-4-2-9-20(22)27-24(29)17-13-23(30)28(15-17)21-10-3-1-8-19(21)26/h1-12,17H,13-15H2. The van der Waals surface area contributed by atoms with E-state index in [4.69, 9.17) is 4.98 Å². The van der Waals surface area contributed by atoms with Gasteiger partial charge in [0.1, 0.15) is 11.6 Å². The van der Waals surface area contributed by atoms with E-state index in [0.29, 0.717) is 25.2 Å². The minimum Gasteiger partial charge on any atom is -0.323 e. The molecule has 1 amide bonds. The Morgan fingerprint density at radius 1 is 1.03 bits per heavy atom. The van der Waals surface area contributed by atoms with E-state index in [1.54, 1.807) is 23.1 Å². The van der Waals surface area contributed by atoms with Gasteiger partial charge in [-0.2, -0.15) is 0 Å². The molecule has 0 bridgehead atoms. The van der Waals surface area contributed by atoms with Crippen molar-refractivity contribution in [3.63, 3.8) is 0 Å². The summed E-state index contributed by atoms with van der Waals surface area (Å²) in [6, 6.07) is 22.6. The van der Waals surface area contributed by atoms with E-state index in [-0.39, 0.29) is 17.6 Å². The Morgan fingerprint density at radius 2 is 1.83 bits per heavy atom.